The van der Waals surface area contributed by atoms with E-state index in [2.05, 4.69) is 0 Å². The molecule has 1 atom stereocenters. The van der Waals surface area contributed by atoms with Crippen LogP contribution in [0.5, 0.6) is 5.75 Å². The molecule has 0 aliphatic carbocycles. The lowest BCUT2D eigenvalue weighted by Gasteiger charge is -2.32. The number of carboxylic acid groups (broad SMARTS) is 1. The summed E-state index contributed by atoms with van der Waals surface area (Å²) in [5.74, 6) is -1.31. The number of morpholine rings is 1. The van der Waals surface area contributed by atoms with Gasteiger partial charge in [-0.05, 0) is 18.2 Å². The average Bonchev–Trinajstić information content (AvgIpc) is 2.40. The number of ether oxygens (including phenoxy) is 1. The van der Waals surface area contributed by atoms with Gasteiger partial charge in [-0.3, -0.25) is 9.59 Å². The second-order valence-electron chi connectivity index (χ2n) is 4.51. The lowest BCUT2D eigenvalue weighted by Crippen LogP contribution is -2.46. The molecule has 108 valence electrons. The van der Waals surface area contributed by atoms with Gasteiger partial charge in [-0.25, -0.2) is 0 Å². The standard InChI is InChI=1S/C13H14ClNO5/c14-10-5-8(1-2-11(10)16)13(19)15-3-4-20-9(7-15)6-12(17)18/h1-2,5,9,16H,3-4,6-7H2,(H,17,18). The predicted molar refractivity (Wildman–Crippen MR) is 71.0 cm³/mol. The lowest BCUT2D eigenvalue weighted by molar-refractivity contribution is -0.141. The van der Waals surface area contributed by atoms with E-state index in [-0.39, 0.29) is 29.6 Å². The van der Waals surface area contributed by atoms with Crippen molar-refractivity contribution in [3.63, 3.8) is 0 Å². The quantitative estimate of drug-likeness (QED) is 0.880. The van der Waals surface area contributed by atoms with Crippen LogP contribution in [0.1, 0.15) is 16.8 Å². The highest BCUT2D eigenvalue weighted by Crippen LogP contribution is 2.24. The number of aliphatic carboxylic acids is 1. The van der Waals surface area contributed by atoms with E-state index < -0.39 is 12.1 Å². The molecule has 7 heteroatoms. The topological polar surface area (TPSA) is 87.1 Å². The smallest absolute Gasteiger partial charge is 0.306 e. The summed E-state index contributed by atoms with van der Waals surface area (Å²) < 4.78 is 5.31. The number of aromatic hydroxyl groups is 1. The summed E-state index contributed by atoms with van der Waals surface area (Å²) in [6.07, 6.45) is -0.641. The molecule has 1 unspecified atom stereocenters. The second kappa shape index (κ2) is 6.11. The molecular formula is C13H14ClNO5. The molecule has 6 nitrogen and oxygen atoms in total. The van der Waals surface area contributed by atoms with Crippen LogP contribution >= 0.6 is 11.6 Å². The molecule has 2 rings (SSSR count). The van der Waals surface area contributed by atoms with Crippen LogP contribution in [0, 0.1) is 0 Å². The zero-order chi connectivity index (χ0) is 14.7. The fraction of sp³-hybridized carbons (Fsp3) is 0.385. The second-order valence-corrected chi connectivity index (χ2v) is 4.92. The molecule has 1 aromatic rings. The van der Waals surface area contributed by atoms with Gasteiger partial charge in [0.25, 0.3) is 5.91 Å². The summed E-state index contributed by atoms with van der Waals surface area (Å²) in [7, 11) is 0. The maximum absolute atomic E-state index is 12.3. The lowest BCUT2D eigenvalue weighted by atomic mass is 10.1. The summed E-state index contributed by atoms with van der Waals surface area (Å²) in [6.45, 7) is 0.923. The van der Waals surface area contributed by atoms with Gasteiger partial charge < -0.3 is 19.8 Å². The van der Waals surface area contributed by atoms with E-state index in [9.17, 15) is 14.7 Å². The number of carbonyl (C=O) groups excluding carboxylic acids is 1. The number of nitrogens with zero attached hydrogens (tertiary/aromatic N) is 1. The molecule has 20 heavy (non-hydrogen) atoms. The normalized spacial score (nSPS) is 18.9. The van der Waals surface area contributed by atoms with Crippen molar-refractivity contribution in [2.45, 2.75) is 12.5 Å². The first-order valence-corrected chi connectivity index (χ1v) is 6.46. The number of amides is 1. The molecule has 1 heterocycles. The first-order chi connectivity index (χ1) is 9.47. The minimum absolute atomic E-state index is 0.0889. The Morgan fingerprint density at radius 1 is 1.45 bits per heavy atom. The van der Waals surface area contributed by atoms with Crippen LogP contribution in [0.4, 0.5) is 0 Å². The molecule has 1 aliphatic rings. The third-order valence-corrected chi connectivity index (χ3v) is 3.33. The third-order valence-electron chi connectivity index (χ3n) is 3.02. The number of hydrogen-bond donors (Lipinski definition) is 2. The minimum atomic E-state index is -0.961. The van der Waals surface area contributed by atoms with Crippen LogP contribution in [0.25, 0.3) is 0 Å². The van der Waals surface area contributed by atoms with Crippen LogP contribution < -0.4 is 0 Å². The van der Waals surface area contributed by atoms with Crippen molar-refractivity contribution in [2.24, 2.45) is 0 Å². The fourth-order valence-corrected chi connectivity index (χ4v) is 2.23. The maximum atomic E-state index is 12.3. The molecular weight excluding hydrogens is 286 g/mol. The van der Waals surface area contributed by atoms with E-state index in [1.54, 1.807) is 0 Å². The van der Waals surface area contributed by atoms with Crippen LogP contribution in [-0.2, 0) is 9.53 Å². The Bertz CT molecular complexity index is 533. The Kier molecular flexibility index (Phi) is 4.46. The number of phenols is 1. The Morgan fingerprint density at radius 2 is 2.20 bits per heavy atom. The summed E-state index contributed by atoms with van der Waals surface area (Å²) in [4.78, 5) is 24.5. The van der Waals surface area contributed by atoms with Crippen molar-refractivity contribution in [3.05, 3.63) is 28.8 Å². The maximum Gasteiger partial charge on any atom is 0.306 e. The number of phenolic OH excluding ortho intramolecular Hbond substituents is 1. The van der Waals surface area contributed by atoms with Gasteiger partial charge in [0.05, 0.1) is 24.2 Å². The zero-order valence-corrected chi connectivity index (χ0v) is 11.3. The highest BCUT2D eigenvalue weighted by molar-refractivity contribution is 6.32. The molecule has 1 saturated heterocycles. The molecule has 0 aromatic heterocycles. The van der Waals surface area contributed by atoms with E-state index in [0.717, 1.165) is 0 Å². The van der Waals surface area contributed by atoms with Gasteiger partial charge in [0, 0.05) is 18.7 Å². The van der Waals surface area contributed by atoms with Crippen molar-refractivity contribution in [1.29, 1.82) is 0 Å². The van der Waals surface area contributed by atoms with Gasteiger partial charge in [0.1, 0.15) is 5.75 Å². The van der Waals surface area contributed by atoms with Crippen LogP contribution in [0.2, 0.25) is 5.02 Å². The fourth-order valence-electron chi connectivity index (χ4n) is 2.04. The van der Waals surface area contributed by atoms with E-state index in [4.69, 9.17) is 21.4 Å². The van der Waals surface area contributed by atoms with Gasteiger partial charge in [0.15, 0.2) is 0 Å². The van der Waals surface area contributed by atoms with Crippen molar-refractivity contribution in [2.75, 3.05) is 19.7 Å². The molecule has 0 spiro atoms. The van der Waals surface area contributed by atoms with Crippen LogP contribution in [0.3, 0.4) is 0 Å². The highest BCUT2D eigenvalue weighted by Gasteiger charge is 2.26. The largest absolute Gasteiger partial charge is 0.506 e. The highest BCUT2D eigenvalue weighted by atomic mass is 35.5. The third kappa shape index (κ3) is 3.40. The Balaban J connectivity index is 2.08. The molecule has 0 bridgehead atoms. The molecule has 2 N–H and O–H groups in total. The molecule has 1 aliphatic heterocycles. The van der Waals surface area contributed by atoms with E-state index >= 15 is 0 Å². The molecule has 1 amide bonds. The summed E-state index contributed by atoms with van der Waals surface area (Å²) >= 11 is 5.77. The minimum Gasteiger partial charge on any atom is -0.506 e. The van der Waals surface area contributed by atoms with Crippen molar-refractivity contribution in [1.82, 2.24) is 4.90 Å². The van der Waals surface area contributed by atoms with Crippen molar-refractivity contribution < 1.29 is 24.5 Å². The van der Waals surface area contributed by atoms with E-state index in [0.29, 0.717) is 18.7 Å². The Hall–Kier alpha value is -1.79. The first kappa shape index (κ1) is 14.6. The molecule has 1 fully saturated rings. The number of carbonyl (C=O) groups is 2. The van der Waals surface area contributed by atoms with Crippen LogP contribution in [0.15, 0.2) is 18.2 Å². The summed E-state index contributed by atoms with van der Waals surface area (Å²) in [5, 5.41) is 18.2. The number of halogens is 1. The van der Waals surface area contributed by atoms with Gasteiger partial charge in [-0.1, -0.05) is 11.6 Å². The molecule has 1 aromatic carbocycles. The van der Waals surface area contributed by atoms with E-state index in [1.807, 2.05) is 0 Å². The van der Waals surface area contributed by atoms with Crippen molar-refractivity contribution >= 4 is 23.5 Å². The predicted octanol–water partition coefficient (Wildman–Crippen LogP) is 1.36. The molecule has 0 saturated carbocycles. The zero-order valence-electron chi connectivity index (χ0n) is 10.6. The first-order valence-electron chi connectivity index (χ1n) is 6.08. The average molecular weight is 300 g/mol. The Labute approximate surface area is 120 Å². The number of carboxylic acids is 1. The van der Waals surface area contributed by atoms with Crippen LogP contribution in [-0.4, -0.2) is 52.8 Å². The van der Waals surface area contributed by atoms with E-state index in [1.165, 1.54) is 23.1 Å². The summed E-state index contributed by atoms with van der Waals surface area (Å²) in [6, 6.07) is 4.22. The van der Waals surface area contributed by atoms with Crippen molar-refractivity contribution in [3.8, 4) is 5.75 Å². The van der Waals surface area contributed by atoms with Gasteiger partial charge in [-0.2, -0.15) is 0 Å². The van der Waals surface area contributed by atoms with Gasteiger partial charge in [-0.15, -0.1) is 0 Å². The van der Waals surface area contributed by atoms with Gasteiger partial charge >= 0.3 is 5.97 Å². The Morgan fingerprint density at radius 3 is 2.85 bits per heavy atom. The van der Waals surface area contributed by atoms with Gasteiger partial charge in [0.2, 0.25) is 0 Å². The number of benzene rings is 1. The number of rotatable bonds is 3. The number of hydrogen-bond acceptors (Lipinski definition) is 4. The molecule has 0 radical (unpaired) electrons. The monoisotopic (exact) mass is 299 g/mol. The SMILES string of the molecule is O=C(O)CC1CN(C(=O)c2ccc(O)c(Cl)c2)CCO1. The summed E-state index contributed by atoms with van der Waals surface area (Å²) in [5.41, 5.74) is 0.351.